The zero-order valence-corrected chi connectivity index (χ0v) is 10.6. The average molecular weight is 278 g/mol. The molecular weight excluding hydrogens is 266 g/mol. The summed E-state index contributed by atoms with van der Waals surface area (Å²) < 4.78 is 26.6. The fourth-order valence-electron chi connectivity index (χ4n) is 1.09. The first-order valence-electron chi connectivity index (χ1n) is 4.50. The van der Waals surface area contributed by atoms with Gasteiger partial charge in [0.2, 0.25) is 0 Å². The van der Waals surface area contributed by atoms with Crippen molar-refractivity contribution >= 4 is 21.3 Å². The number of rotatable bonds is 5. The zero-order chi connectivity index (χ0) is 13.1. The summed E-state index contributed by atoms with van der Waals surface area (Å²) in [6, 6.07) is 6.03. The molecule has 0 aromatic heterocycles. The molecule has 0 bridgehead atoms. The smallest absolute Gasteiger partial charge is 0.388 e. The van der Waals surface area contributed by atoms with Gasteiger partial charge in [0.1, 0.15) is 5.75 Å². The maximum Gasteiger partial charge on any atom is 0.388 e. The highest BCUT2D eigenvalue weighted by Crippen LogP contribution is 2.55. The van der Waals surface area contributed by atoms with Gasteiger partial charge < -0.3 is 19.2 Å². The monoisotopic (exact) mass is 278 g/mol. The van der Waals surface area contributed by atoms with Crippen LogP contribution in [0.1, 0.15) is 5.56 Å². The van der Waals surface area contributed by atoms with Crippen molar-refractivity contribution in [2.45, 2.75) is 0 Å². The highest BCUT2D eigenvalue weighted by Gasteiger charge is 2.32. The van der Waals surface area contributed by atoms with Gasteiger partial charge in [-0.15, -0.1) is 0 Å². The van der Waals surface area contributed by atoms with Crippen LogP contribution in [0.5, 0.6) is 5.75 Å². The molecule has 1 aromatic rings. The molecule has 0 amide bonds. The summed E-state index contributed by atoms with van der Waals surface area (Å²) in [4.78, 5) is 26.4. The third-order valence-electron chi connectivity index (χ3n) is 1.73. The SMILES string of the molecule is C=Cc1ccc(OP(=O)(O)CP(=O)(O)O)cc1. The van der Waals surface area contributed by atoms with Gasteiger partial charge in [0, 0.05) is 0 Å². The lowest BCUT2D eigenvalue weighted by atomic mass is 10.2. The van der Waals surface area contributed by atoms with E-state index in [1.165, 1.54) is 12.1 Å². The lowest BCUT2D eigenvalue weighted by molar-refractivity contribution is 0.360. The van der Waals surface area contributed by atoms with E-state index >= 15 is 0 Å². The Morgan fingerprint density at radius 2 is 1.71 bits per heavy atom. The van der Waals surface area contributed by atoms with Gasteiger partial charge in [0.25, 0.3) is 0 Å². The molecule has 0 aliphatic rings. The van der Waals surface area contributed by atoms with Crippen LogP contribution in [0.3, 0.4) is 0 Å². The molecule has 8 heteroatoms. The zero-order valence-electron chi connectivity index (χ0n) is 8.76. The molecule has 0 aliphatic heterocycles. The maximum atomic E-state index is 11.4. The van der Waals surface area contributed by atoms with Crippen molar-refractivity contribution < 1.29 is 28.3 Å². The number of benzene rings is 1. The van der Waals surface area contributed by atoms with Crippen LogP contribution in [0, 0.1) is 0 Å². The molecule has 94 valence electrons. The Balaban J connectivity index is 2.79. The van der Waals surface area contributed by atoms with Gasteiger partial charge in [-0.1, -0.05) is 24.8 Å². The largest absolute Gasteiger partial charge is 0.424 e. The van der Waals surface area contributed by atoms with Gasteiger partial charge in [-0.3, -0.25) is 4.57 Å². The summed E-state index contributed by atoms with van der Waals surface area (Å²) in [5.74, 6) is -1.14. The van der Waals surface area contributed by atoms with Crippen LogP contribution < -0.4 is 4.52 Å². The van der Waals surface area contributed by atoms with E-state index in [0.29, 0.717) is 0 Å². The fourth-order valence-corrected chi connectivity index (χ4v) is 3.64. The minimum Gasteiger partial charge on any atom is -0.424 e. The Labute approximate surface area is 98.3 Å². The van der Waals surface area contributed by atoms with E-state index in [9.17, 15) is 14.0 Å². The van der Waals surface area contributed by atoms with E-state index in [2.05, 4.69) is 11.1 Å². The molecule has 1 rings (SSSR count). The summed E-state index contributed by atoms with van der Waals surface area (Å²) in [7, 11) is -8.94. The van der Waals surface area contributed by atoms with E-state index in [4.69, 9.17) is 9.79 Å². The van der Waals surface area contributed by atoms with Gasteiger partial charge in [0.05, 0.1) is 0 Å². The fraction of sp³-hybridized carbons (Fsp3) is 0.111. The summed E-state index contributed by atoms with van der Waals surface area (Å²) in [6.45, 7) is 3.54. The van der Waals surface area contributed by atoms with Crippen LogP contribution in [0.4, 0.5) is 0 Å². The van der Waals surface area contributed by atoms with Gasteiger partial charge >= 0.3 is 15.2 Å². The van der Waals surface area contributed by atoms with Crippen molar-refractivity contribution in [1.82, 2.24) is 0 Å². The second-order valence-corrected chi connectivity index (χ2v) is 7.23. The van der Waals surface area contributed by atoms with E-state index < -0.39 is 21.1 Å². The van der Waals surface area contributed by atoms with Crippen molar-refractivity contribution in [3.05, 3.63) is 36.4 Å². The maximum absolute atomic E-state index is 11.4. The average Bonchev–Trinajstić information content (AvgIpc) is 2.14. The molecule has 0 spiro atoms. The third kappa shape index (κ3) is 5.31. The van der Waals surface area contributed by atoms with Gasteiger partial charge in [0.15, 0.2) is 5.90 Å². The first-order valence-corrected chi connectivity index (χ1v) is 8.06. The highest BCUT2D eigenvalue weighted by molar-refractivity contribution is 7.70. The van der Waals surface area contributed by atoms with E-state index in [0.717, 1.165) is 5.56 Å². The Kier molecular flexibility index (Phi) is 4.31. The molecule has 1 aromatic carbocycles. The molecule has 6 nitrogen and oxygen atoms in total. The van der Waals surface area contributed by atoms with E-state index in [1.807, 2.05) is 0 Å². The van der Waals surface area contributed by atoms with Crippen molar-refractivity contribution in [3.8, 4) is 5.75 Å². The number of hydrogen-bond acceptors (Lipinski definition) is 3. The minimum atomic E-state index is -4.59. The summed E-state index contributed by atoms with van der Waals surface area (Å²) in [5.41, 5.74) is 0.792. The first-order chi connectivity index (χ1) is 7.72. The van der Waals surface area contributed by atoms with E-state index in [1.54, 1.807) is 18.2 Å². The number of hydrogen-bond donors (Lipinski definition) is 3. The van der Waals surface area contributed by atoms with Gasteiger partial charge in [-0.05, 0) is 17.7 Å². The topological polar surface area (TPSA) is 104 Å². The van der Waals surface area contributed by atoms with E-state index in [-0.39, 0.29) is 5.75 Å². The van der Waals surface area contributed by atoms with Crippen LogP contribution in [-0.4, -0.2) is 20.6 Å². The predicted molar refractivity (Wildman–Crippen MR) is 63.9 cm³/mol. The first kappa shape index (κ1) is 14.2. The molecule has 0 fully saturated rings. The Morgan fingerprint density at radius 3 is 2.12 bits per heavy atom. The van der Waals surface area contributed by atoms with Crippen molar-refractivity contribution in [2.24, 2.45) is 0 Å². The van der Waals surface area contributed by atoms with Crippen LogP contribution in [0.25, 0.3) is 6.08 Å². The lowest BCUT2D eigenvalue weighted by Crippen LogP contribution is -1.98. The Morgan fingerprint density at radius 1 is 1.18 bits per heavy atom. The Hall–Kier alpha value is -0.900. The Bertz CT molecular complexity index is 489. The molecule has 0 saturated carbocycles. The molecule has 0 aliphatic carbocycles. The molecule has 0 heterocycles. The van der Waals surface area contributed by atoms with Crippen LogP contribution in [0.2, 0.25) is 0 Å². The van der Waals surface area contributed by atoms with Gasteiger partial charge in [-0.25, -0.2) is 4.57 Å². The third-order valence-corrected chi connectivity index (χ3v) is 5.13. The molecule has 0 radical (unpaired) electrons. The van der Waals surface area contributed by atoms with Crippen LogP contribution in [-0.2, 0) is 9.13 Å². The molecule has 0 saturated heterocycles. The predicted octanol–water partition coefficient (Wildman–Crippen LogP) is 2.03. The lowest BCUT2D eigenvalue weighted by Gasteiger charge is -2.13. The van der Waals surface area contributed by atoms with Crippen LogP contribution in [0.15, 0.2) is 30.8 Å². The molecule has 1 unspecified atom stereocenters. The van der Waals surface area contributed by atoms with Crippen molar-refractivity contribution in [1.29, 1.82) is 0 Å². The van der Waals surface area contributed by atoms with Gasteiger partial charge in [-0.2, -0.15) is 0 Å². The second kappa shape index (κ2) is 5.17. The summed E-state index contributed by atoms with van der Waals surface area (Å²) in [5, 5.41) is 0. The van der Waals surface area contributed by atoms with Crippen LogP contribution >= 0.6 is 15.2 Å². The molecule has 3 N–H and O–H groups in total. The highest BCUT2D eigenvalue weighted by atomic mass is 31.2. The summed E-state index contributed by atoms with van der Waals surface area (Å²) >= 11 is 0. The molecule has 1 atom stereocenters. The molecule has 17 heavy (non-hydrogen) atoms. The summed E-state index contributed by atoms with van der Waals surface area (Å²) in [6.07, 6.45) is 1.58. The van der Waals surface area contributed by atoms with Crippen molar-refractivity contribution in [2.75, 3.05) is 5.90 Å². The normalized spacial score (nSPS) is 15.0. The molecular formula is C9H12O6P2. The second-order valence-electron chi connectivity index (χ2n) is 3.31. The van der Waals surface area contributed by atoms with Crippen molar-refractivity contribution in [3.63, 3.8) is 0 Å². The minimum absolute atomic E-state index is 0.0647. The standard InChI is InChI=1S/C9H12O6P2/c1-2-8-3-5-9(6-4-8)15-17(13,14)7-16(10,11)12/h2-6H,1,7H2,(H,13,14)(H2,10,11,12). The quantitative estimate of drug-likeness (QED) is 0.712.